The first-order valence-corrected chi connectivity index (χ1v) is 5.45. The highest BCUT2D eigenvalue weighted by Gasteiger charge is 2.16. The number of aromatic amines is 1. The fourth-order valence-electron chi connectivity index (χ4n) is 1.96. The summed E-state index contributed by atoms with van der Waals surface area (Å²) < 4.78 is 6.32. The molecule has 2 N–H and O–H groups in total. The molecule has 0 radical (unpaired) electrons. The molecule has 3 aromatic rings. The molecule has 0 saturated heterocycles. The number of rotatable bonds is 2. The Morgan fingerprint density at radius 1 is 1.47 bits per heavy atom. The van der Waals surface area contributed by atoms with E-state index in [0.29, 0.717) is 22.4 Å². The van der Waals surface area contributed by atoms with Crippen LogP contribution in [-0.4, -0.2) is 25.8 Å². The first-order valence-electron chi connectivity index (χ1n) is 5.45. The molecule has 0 spiro atoms. The van der Waals surface area contributed by atoms with Crippen molar-refractivity contribution in [3.63, 3.8) is 0 Å². The summed E-state index contributed by atoms with van der Waals surface area (Å²) in [5.74, 6) is -1.60. The Hall–Kier alpha value is -2.83. The van der Waals surface area contributed by atoms with Gasteiger partial charge < -0.3 is 9.52 Å². The molecule has 0 bridgehead atoms. The van der Waals surface area contributed by atoms with Crippen LogP contribution in [0.3, 0.4) is 0 Å². The van der Waals surface area contributed by atoms with Crippen LogP contribution in [0.4, 0.5) is 0 Å². The highest BCUT2D eigenvalue weighted by Crippen LogP contribution is 2.24. The predicted octanol–water partition coefficient (Wildman–Crippen LogP) is 1.22. The Labute approximate surface area is 106 Å². The van der Waals surface area contributed by atoms with E-state index in [1.807, 2.05) is 0 Å². The average Bonchev–Trinajstić information content (AvgIpc) is 2.89. The molecule has 7 nitrogen and oxygen atoms in total. The van der Waals surface area contributed by atoms with Gasteiger partial charge in [0, 0.05) is 18.8 Å². The number of hydrogen-bond donors (Lipinski definition) is 2. The Morgan fingerprint density at radius 2 is 2.26 bits per heavy atom. The number of aryl methyl sites for hydroxylation is 1. The van der Waals surface area contributed by atoms with Crippen molar-refractivity contribution in [3.05, 3.63) is 40.5 Å². The molecule has 19 heavy (non-hydrogen) atoms. The van der Waals surface area contributed by atoms with Gasteiger partial charge in [0.15, 0.2) is 5.58 Å². The molecular formula is C12H9N3O4. The number of nitrogens with zero attached hydrogens (tertiary/aromatic N) is 2. The van der Waals surface area contributed by atoms with Gasteiger partial charge >= 0.3 is 11.7 Å². The molecule has 2 aromatic heterocycles. The number of aromatic nitrogens is 3. The van der Waals surface area contributed by atoms with Crippen molar-refractivity contribution in [3.8, 4) is 11.3 Å². The van der Waals surface area contributed by atoms with Crippen LogP contribution < -0.4 is 5.76 Å². The van der Waals surface area contributed by atoms with Crippen molar-refractivity contribution in [2.45, 2.75) is 0 Å². The van der Waals surface area contributed by atoms with Gasteiger partial charge in [-0.2, -0.15) is 5.10 Å². The largest absolute Gasteiger partial charge is 0.478 e. The number of nitrogens with one attached hydrogen (secondary N) is 1. The van der Waals surface area contributed by atoms with Crippen LogP contribution in [0.2, 0.25) is 0 Å². The number of benzene rings is 1. The van der Waals surface area contributed by atoms with Crippen LogP contribution in [0.25, 0.3) is 22.4 Å². The Morgan fingerprint density at radius 3 is 3.00 bits per heavy atom. The lowest BCUT2D eigenvalue weighted by atomic mass is 10.1. The van der Waals surface area contributed by atoms with E-state index >= 15 is 0 Å². The molecule has 0 saturated carbocycles. The number of carboxylic acids is 1. The molecular weight excluding hydrogens is 250 g/mol. The molecule has 0 fully saturated rings. The summed E-state index contributed by atoms with van der Waals surface area (Å²) in [7, 11) is 1.65. The van der Waals surface area contributed by atoms with Gasteiger partial charge in [0.1, 0.15) is 11.3 Å². The molecule has 0 aliphatic heterocycles. The molecule has 0 atom stereocenters. The Bertz CT molecular complexity index is 840. The van der Waals surface area contributed by atoms with Gasteiger partial charge in [-0.1, -0.05) is 0 Å². The van der Waals surface area contributed by atoms with Crippen molar-refractivity contribution < 1.29 is 14.3 Å². The van der Waals surface area contributed by atoms with E-state index in [-0.39, 0.29) is 5.56 Å². The number of oxazole rings is 1. The molecule has 0 aliphatic rings. The van der Waals surface area contributed by atoms with E-state index < -0.39 is 11.7 Å². The zero-order valence-corrected chi connectivity index (χ0v) is 9.88. The summed E-state index contributed by atoms with van der Waals surface area (Å²) in [6, 6.07) is 4.89. The van der Waals surface area contributed by atoms with E-state index in [1.54, 1.807) is 25.2 Å². The van der Waals surface area contributed by atoms with E-state index in [9.17, 15) is 9.59 Å². The lowest BCUT2D eigenvalue weighted by Crippen LogP contribution is -1.96. The minimum absolute atomic E-state index is 0.104. The smallest absolute Gasteiger partial charge is 0.417 e. The highest BCUT2D eigenvalue weighted by molar-refractivity contribution is 5.95. The first kappa shape index (κ1) is 11.3. The molecule has 0 aliphatic carbocycles. The third-order valence-corrected chi connectivity index (χ3v) is 2.75. The molecule has 0 amide bonds. The zero-order chi connectivity index (χ0) is 13.6. The summed E-state index contributed by atoms with van der Waals surface area (Å²) in [6.45, 7) is 0. The normalized spacial score (nSPS) is 11.0. The van der Waals surface area contributed by atoms with Crippen molar-refractivity contribution >= 4 is 17.1 Å². The van der Waals surface area contributed by atoms with E-state index in [1.165, 1.54) is 10.9 Å². The van der Waals surface area contributed by atoms with Crippen molar-refractivity contribution in [2.75, 3.05) is 0 Å². The summed E-state index contributed by atoms with van der Waals surface area (Å²) in [6.07, 6.45) is 1.43. The molecule has 3 rings (SSSR count). The van der Waals surface area contributed by atoms with E-state index in [4.69, 9.17) is 9.52 Å². The minimum atomic E-state index is -1.05. The quantitative estimate of drug-likeness (QED) is 0.720. The van der Waals surface area contributed by atoms with Crippen LogP contribution in [0.15, 0.2) is 33.6 Å². The van der Waals surface area contributed by atoms with E-state index in [0.717, 1.165) is 0 Å². The average molecular weight is 259 g/mol. The van der Waals surface area contributed by atoms with Crippen LogP contribution in [0.1, 0.15) is 10.4 Å². The zero-order valence-electron chi connectivity index (χ0n) is 9.88. The van der Waals surface area contributed by atoms with Gasteiger partial charge in [-0.3, -0.25) is 9.67 Å². The number of fused-ring (bicyclic) bond motifs is 1. The second-order valence-corrected chi connectivity index (χ2v) is 4.10. The van der Waals surface area contributed by atoms with Crippen molar-refractivity contribution in [1.29, 1.82) is 0 Å². The third-order valence-electron chi connectivity index (χ3n) is 2.75. The SMILES string of the molecule is Cn1cc(C(=O)O)c(-c2ccc3oc(=O)[nH]c3c2)n1. The number of aromatic carboxylic acids is 1. The maximum absolute atomic E-state index is 11.1. The number of carboxylic acid groups (broad SMARTS) is 1. The number of carbonyl (C=O) groups is 1. The summed E-state index contributed by atoms with van der Waals surface area (Å²) in [5, 5.41) is 13.3. The summed E-state index contributed by atoms with van der Waals surface area (Å²) in [4.78, 5) is 24.7. The van der Waals surface area contributed by atoms with Gasteiger partial charge in [0.2, 0.25) is 0 Å². The van der Waals surface area contributed by atoms with Gasteiger partial charge in [0.05, 0.1) is 5.52 Å². The van der Waals surface area contributed by atoms with Gasteiger partial charge in [0.25, 0.3) is 0 Å². The highest BCUT2D eigenvalue weighted by atomic mass is 16.4. The second-order valence-electron chi connectivity index (χ2n) is 4.10. The monoisotopic (exact) mass is 259 g/mol. The summed E-state index contributed by atoms with van der Waals surface area (Å²) in [5.41, 5.74) is 1.97. The molecule has 0 unspecified atom stereocenters. The first-order chi connectivity index (χ1) is 9.04. The fraction of sp³-hybridized carbons (Fsp3) is 0.0833. The van der Waals surface area contributed by atoms with Gasteiger partial charge in [-0.05, 0) is 18.2 Å². The van der Waals surface area contributed by atoms with Gasteiger partial charge in [-0.15, -0.1) is 0 Å². The molecule has 2 heterocycles. The van der Waals surface area contributed by atoms with Crippen molar-refractivity contribution in [2.24, 2.45) is 7.05 Å². The second kappa shape index (κ2) is 3.84. The predicted molar refractivity (Wildman–Crippen MR) is 66.0 cm³/mol. The minimum Gasteiger partial charge on any atom is -0.478 e. The van der Waals surface area contributed by atoms with E-state index in [2.05, 4.69) is 10.1 Å². The molecule has 1 aromatic carbocycles. The standard InChI is InChI=1S/C12H9N3O4/c1-15-5-7(11(16)17)10(14-15)6-2-3-9-8(4-6)13-12(18)19-9/h2-5H,1H3,(H,13,18)(H,16,17). The van der Waals surface area contributed by atoms with Crippen LogP contribution >= 0.6 is 0 Å². The lowest BCUT2D eigenvalue weighted by molar-refractivity contribution is 0.0697. The topological polar surface area (TPSA) is 101 Å². The third kappa shape index (κ3) is 1.81. The summed E-state index contributed by atoms with van der Waals surface area (Å²) >= 11 is 0. The van der Waals surface area contributed by atoms with Crippen LogP contribution in [0, 0.1) is 0 Å². The van der Waals surface area contributed by atoms with Crippen molar-refractivity contribution in [1.82, 2.24) is 14.8 Å². The van der Waals surface area contributed by atoms with Gasteiger partial charge in [-0.25, -0.2) is 9.59 Å². The molecule has 96 valence electrons. The Kier molecular flexibility index (Phi) is 2.28. The maximum atomic E-state index is 11.1. The van der Waals surface area contributed by atoms with Crippen LogP contribution in [0.5, 0.6) is 0 Å². The number of H-pyrrole nitrogens is 1. The maximum Gasteiger partial charge on any atom is 0.417 e. The van der Waals surface area contributed by atoms with Crippen LogP contribution in [-0.2, 0) is 7.05 Å². The lowest BCUT2D eigenvalue weighted by Gasteiger charge is -1.98. The fourth-order valence-corrected chi connectivity index (χ4v) is 1.96. The number of hydrogen-bond acceptors (Lipinski definition) is 4. The molecule has 7 heteroatoms. The Balaban J connectivity index is 2.23.